The zero-order chi connectivity index (χ0) is 14.0. The zero-order valence-electron chi connectivity index (χ0n) is 11.0. The van der Waals surface area contributed by atoms with Crippen LogP contribution >= 0.6 is 0 Å². The molecule has 2 rings (SSSR count). The van der Waals surface area contributed by atoms with Crippen molar-refractivity contribution in [2.45, 2.75) is 27.4 Å². The van der Waals surface area contributed by atoms with Gasteiger partial charge in [-0.3, -0.25) is 10.1 Å². The number of ether oxygens (including phenoxy) is 1. The summed E-state index contributed by atoms with van der Waals surface area (Å²) in [5, 5.41) is 10.6. The number of rotatable bonds is 4. The molecule has 0 radical (unpaired) electrons. The molecule has 19 heavy (non-hydrogen) atoms. The smallest absolute Gasteiger partial charge is 0.269 e. The summed E-state index contributed by atoms with van der Waals surface area (Å²) in [5.74, 6) is 1.84. The van der Waals surface area contributed by atoms with E-state index in [0.717, 1.165) is 11.5 Å². The van der Waals surface area contributed by atoms with Crippen molar-refractivity contribution >= 4 is 5.69 Å². The monoisotopic (exact) mass is 262 g/mol. The highest BCUT2D eigenvalue weighted by molar-refractivity contribution is 5.42. The largest absolute Gasteiger partial charge is 0.484 e. The Morgan fingerprint density at radius 3 is 2.63 bits per heavy atom. The van der Waals surface area contributed by atoms with E-state index in [1.165, 1.54) is 12.1 Å². The van der Waals surface area contributed by atoms with Gasteiger partial charge in [-0.2, -0.15) is 0 Å². The van der Waals surface area contributed by atoms with Crippen molar-refractivity contribution in [3.05, 3.63) is 51.2 Å². The lowest BCUT2D eigenvalue weighted by Crippen LogP contribution is -1.98. The molecule has 0 amide bonds. The van der Waals surface area contributed by atoms with E-state index < -0.39 is 4.92 Å². The van der Waals surface area contributed by atoms with Crippen LogP contribution in [-0.4, -0.2) is 9.91 Å². The second kappa shape index (κ2) is 5.09. The van der Waals surface area contributed by atoms with E-state index >= 15 is 0 Å². The summed E-state index contributed by atoms with van der Waals surface area (Å²) in [4.78, 5) is 14.4. The fourth-order valence-electron chi connectivity index (χ4n) is 1.65. The molecule has 0 aliphatic rings. The Hall–Kier alpha value is -2.37. The van der Waals surface area contributed by atoms with Gasteiger partial charge in [0, 0.05) is 12.1 Å². The second-order valence-electron chi connectivity index (χ2n) is 4.24. The molecule has 1 aromatic carbocycles. The Morgan fingerprint density at radius 2 is 2.11 bits per heavy atom. The van der Waals surface area contributed by atoms with E-state index in [9.17, 15) is 10.1 Å². The molecule has 0 spiro atoms. The van der Waals surface area contributed by atoms with Gasteiger partial charge in [0.05, 0.1) is 10.6 Å². The van der Waals surface area contributed by atoms with Crippen molar-refractivity contribution in [3.8, 4) is 5.75 Å². The number of aryl methyl sites for hydroxylation is 3. The van der Waals surface area contributed by atoms with Crippen LogP contribution in [0.5, 0.6) is 5.75 Å². The third-order valence-corrected chi connectivity index (χ3v) is 2.79. The number of aromatic nitrogens is 1. The summed E-state index contributed by atoms with van der Waals surface area (Å²) in [6.45, 7) is 5.66. The molecule has 6 heteroatoms. The van der Waals surface area contributed by atoms with Crippen LogP contribution in [-0.2, 0) is 6.61 Å². The molecule has 0 unspecified atom stereocenters. The summed E-state index contributed by atoms with van der Waals surface area (Å²) >= 11 is 0. The molecular weight excluding hydrogens is 248 g/mol. The van der Waals surface area contributed by atoms with Crippen LogP contribution in [0.25, 0.3) is 0 Å². The van der Waals surface area contributed by atoms with Crippen molar-refractivity contribution < 1.29 is 14.1 Å². The number of hydrogen-bond donors (Lipinski definition) is 0. The first kappa shape index (κ1) is 13.1. The molecule has 0 atom stereocenters. The topological polar surface area (TPSA) is 78.4 Å². The Balaban J connectivity index is 2.09. The maximum absolute atomic E-state index is 10.6. The molecule has 0 N–H and O–H groups in total. The number of benzene rings is 1. The summed E-state index contributed by atoms with van der Waals surface area (Å²) in [6, 6.07) is 4.46. The van der Waals surface area contributed by atoms with Gasteiger partial charge in [-0.15, -0.1) is 0 Å². The van der Waals surface area contributed by atoms with Crippen molar-refractivity contribution in [3.63, 3.8) is 0 Å². The molecule has 1 aromatic heterocycles. The highest BCUT2D eigenvalue weighted by Gasteiger charge is 2.10. The highest BCUT2D eigenvalue weighted by atomic mass is 16.6. The van der Waals surface area contributed by atoms with Gasteiger partial charge < -0.3 is 9.15 Å². The average molecular weight is 262 g/mol. The maximum atomic E-state index is 10.6. The molecular formula is C13H14N2O4. The number of nitro benzene ring substituents is 1. The Labute approximate surface area is 110 Å². The van der Waals surface area contributed by atoms with E-state index in [4.69, 9.17) is 9.15 Å². The van der Waals surface area contributed by atoms with Gasteiger partial charge in [-0.05, 0) is 32.4 Å². The van der Waals surface area contributed by atoms with Crippen molar-refractivity contribution in [2.75, 3.05) is 0 Å². The molecule has 0 saturated heterocycles. The Morgan fingerprint density at radius 1 is 1.37 bits per heavy atom. The van der Waals surface area contributed by atoms with E-state index in [-0.39, 0.29) is 12.3 Å². The predicted octanol–water partition coefficient (Wildman–Crippen LogP) is 3.09. The van der Waals surface area contributed by atoms with Gasteiger partial charge in [0.15, 0.2) is 6.61 Å². The molecule has 0 saturated carbocycles. The van der Waals surface area contributed by atoms with Gasteiger partial charge in [0.1, 0.15) is 11.5 Å². The molecule has 100 valence electrons. The number of nitrogens with zero attached hydrogens (tertiary/aromatic N) is 2. The minimum Gasteiger partial charge on any atom is -0.484 e. The fourth-order valence-corrected chi connectivity index (χ4v) is 1.65. The predicted molar refractivity (Wildman–Crippen MR) is 68.1 cm³/mol. The van der Waals surface area contributed by atoms with Crippen LogP contribution < -0.4 is 4.74 Å². The summed E-state index contributed by atoms with van der Waals surface area (Å²) in [6.07, 6.45) is 0. The van der Waals surface area contributed by atoms with Gasteiger partial charge in [-0.1, -0.05) is 0 Å². The zero-order valence-corrected chi connectivity index (χ0v) is 11.0. The number of nitro groups is 1. The van der Waals surface area contributed by atoms with Gasteiger partial charge in [0.2, 0.25) is 5.89 Å². The van der Waals surface area contributed by atoms with Crippen molar-refractivity contribution in [2.24, 2.45) is 0 Å². The minimum atomic E-state index is -0.433. The fraction of sp³-hybridized carbons (Fsp3) is 0.308. The molecule has 2 aromatic rings. The van der Waals surface area contributed by atoms with Crippen LogP contribution in [0.2, 0.25) is 0 Å². The van der Waals surface area contributed by atoms with Crippen LogP contribution in [0.15, 0.2) is 22.6 Å². The van der Waals surface area contributed by atoms with Gasteiger partial charge in [-0.25, -0.2) is 4.98 Å². The van der Waals surface area contributed by atoms with Gasteiger partial charge >= 0.3 is 0 Å². The van der Waals surface area contributed by atoms with Crippen LogP contribution in [0, 0.1) is 30.9 Å². The SMILES string of the molecule is Cc1cc([N+](=O)[O-])ccc1OCc1nc(C)c(C)o1. The molecule has 0 aliphatic heterocycles. The normalized spacial score (nSPS) is 10.5. The van der Waals surface area contributed by atoms with E-state index in [1.54, 1.807) is 13.0 Å². The van der Waals surface area contributed by atoms with Gasteiger partial charge in [0.25, 0.3) is 5.69 Å². The average Bonchev–Trinajstić information content (AvgIpc) is 2.67. The van der Waals surface area contributed by atoms with Crippen LogP contribution in [0.4, 0.5) is 5.69 Å². The summed E-state index contributed by atoms with van der Waals surface area (Å²) < 4.78 is 10.9. The maximum Gasteiger partial charge on any atom is 0.269 e. The summed E-state index contributed by atoms with van der Waals surface area (Å²) in [7, 11) is 0. The Kier molecular flexibility index (Phi) is 3.50. The van der Waals surface area contributed by atoms with Crippen LogP contribution in [0.1, 0.15) is 22.9 Å². The first-order valence-electron chi connectivity index (χ1n) is 5.78. The van der Waals surface area contributed by atoms with E-state index in [2.05, 4.69) is 4.98 Å². The number of non-ortho nitro benzene ring substituents is 1. The molecule has 1 heterocycles. The van der Waals surface area contributed by atoms with Crippen molar-refractivity contribution in [1.29, 1.82) is 0 Å². The number of oxazole rings is 1. The molecule has 6 nitrogen and oxygen atoms in total. The minimum absolute atomic E-state index is 0.0488. The second-order valence-corrected chi connectivity index (χ2v) is 4.24. The first-order valence-corrected chi connectivity index (χ1v) is 5.78. The first-order chi connectivity index (χ1) is 8.97. The van der Waals surface area contributed by atoms with Crippen LogP contribution in [0.3, 0.4) is 0 Å². The van der Waals surface area contributed by atoms with Crippen molar-refractivity contribution in [1.82, 2.24) is 4.98 Å². The lowest BCUT2D eigenvalue weighted by atomic mass is 10.2. The lowest BCUT2D eigenvalue weighted by Gasteiger charge is -2.06. The Bertz CT molecular complexity index is 600. The number of hydrogen-bond acceptors (Lipinski definition) is 5. The molecule has 0 bridgehead atoms. The summed E-state index contributed by atoms with van der Waals surface area (Å²) in [5.41, 5.74) is 1.58. The van der Waals surface area contributed by atoms with E-state index in [0.29, 0.717) is 17.2 Å². The van der Waals surface area contributed by atoms with E-state index in [1.807, 2.05) is 13.8 Å². The third kappa shape index (κ3) is 2.90. The third-order valence-electron chi connectivity index (χ3n) is 2.79. The lowest BCUT2D eigenvalue weighted by molar-refractivity contribution is -0.384. The molecule has 0 aliphatic carbocycles. The molecule has 0 fully saturated rings. The quantitative estimate of drug-likeness (QED) is 0.625. The highest BCUT2D eigenvalue weighted by Crippen LogP contribution is 2.24. The standard InChI is InChI=1S/C13H14N2O4/c1-8-6-11(15(16)17)4-5-12(8)18-7-13-14-9(2)10(3)19-13/h4-6H,7H2,1-3H3.